The van der Waals surface area contributed by atoms with Crippen LogP contribution >= 0.6 is 0 Å². The van der Waals surface area contributed by atoms with Gasteiger partial charge in [0, 0.05) is 19.2 Å². The van der Waals surface area contributed by atoms with Gasteiger partial charge in [0.25, 0.3) is 0 Å². The lowest BCUT2D eigenvalue weighted by atomic mass is 9.95. The number of nitrogens with one attached hydrogen (secondary N) is 1. The average Bonchev–Trinajstić information content (AvgIpc) is 3.48. The van der Waals surface area contributed by atoms with E-state index in [4.69, 9.17) is 4.74 Å². The summed E-state index contributed by atoms with van der Waals surface area (Å²) >= 11 is 0. The predicted molar refractivity (Wildman–Crippen MR) is 101 cm³/mol. The molecule has 1 aliphatic carbocycles. The Morgan fingerprint density at radius 2 is 1.88 bits per heavy atom. The zero-order valence-electron chi connectivity index (χ0n) is 15.1. The van der Waals surface area contributed by atoms with Crippen molar-refractivity contribution in [2.24, 2.45) is 0 Å². The second kappa shape index (κ2) is 7.08. The van der Waals surface area contributed by atoms with Gasteiger partial charge in [-0.15, -0.1) is 0 Å². The van der Waals surface area contributed by atoms with Gasteiger partial charge >= 0.3 is 0 Å². The van der Waals surface area contributed by atoms with E-state index in [0.717, 1.165) is 44.3 Å². The summed E-state index contributed by atoms with van der Waals surface area (Å²) in [7, 11) is 2.13. The minimum Gasteiger partial charge on any atom is -0.474 e. The number of likely N-dealkylation sites (tertiary alicyclic amines) is 1. The van der Waals surface area contributed by atoms with Crippen molar-refractivity contribution < 1.29 is 9.53 Å². The first-order chi connectivity index (χ1) is 12.7. The molecule has 2 fully saturated rings. The van der Waals surface area contributed by atoms with Crippen LogP contribution in [0.3, 0.4) is 0 Å². The molecule has 1 saturated heterocycles. The Balaban J connectivity index is 1.36. The van der Waals surface area contributed by atoms with E-state index in [9.17, 15) is 4.79 Å². The topological polar surface area (TPSA) is 54.5 Å². The lowest BCUT2D eigenvalue weighted by molar-refractivity contribution is -0.118. The predicted octanol–water partition coefficient (Wildman–Crippen LogP) is 3.22. The first-order valence-electron chi connectivity index (χ1n) is 9.34. The Morgan fingerprint density at radius 1 is 1.15 bits per heavy atom. The fraction of sp³-hybridized carbons (Fsp3) is 0.429. The molecule has 1 amide bonds. The van der Waals surface area contributed by atoms with Gasteiger partial charge in [-0.05, 0) is 44.4 Å². The van der Waals surface area contributed by atoms with E-state index < -0.39 is 0 Å². The highest BCUT2D eigenvalue weighted by molar-refractivity contribution is 6.01. The summed E-state index contributed by atoms with van der Waals surface area (Å²) in [5.41, 5.74) is 1.44. The zero-order valence-corrected chi connectivity index (χ0v) is 15.1. The van der Waals surface area contributed by atoms with Crippen LogP contribution in [-0.4, -0.2) is 42.0 Å². The number of hydrogen-bond acceptors (Lipinski definition) is 4. The third-order valence-corrected chi connectivity index (χ3v) is 5.46. The molecule has 0 atom stereocenters. The van der Waals surface area contributed by atoms with Crippen LogP contribution in [0.2, 0.25) is 0 Å². The van der Waals surface area contributed by atoms with Gasteiger partial charge in [-0.1, -0.05) is 30.3 Å². The minimum atomic E-state index is -0.370. The highest BCUT2D eigenvalue weighted by Gasteiger charge is 2.51. The first kappa shape index (κ1) is 17.0. The Morgan fingerprint density at radius 3 is 2.50 bits per heavy atom. The number of carbonyl (C=O) groups excluding carboxylic acids is 1. The molecule has 1 aromatic carbocycles. The standard InChI is InChI=1S/C21H25N3O2/c1-24-13-9-18(10-14-24)26-19-8-7-17(15-22-19)23-20(25)21(11-12-21)16-5-3-2-4-6-16/h2-8,15,18H,9-14H2,1H3,(H,23,25). The number of rotatable bonds is 5. The number of pyridine rings is 1. The molecular weight excluding hydrogens is 326 g/mol. The summed E-state index contributed by atoms with van der Waals surface area (Å²) in [5.74, 6) is 0.677. The number of nitrogens with zero attached hydrogens (tertiary/aromatic N) is 2. The molecule has 5 heteroatoms. The minimum absolute atomic E-state index is 0.0505. The summed E-state index contributed by atoms with van der Waals surface area (Å²) < 4.78 is 5.96. The van der Waals surface area contributed by atoms with Gasteiger partial charge in [-0.25, -0.2) is 4.98 Å². The lowest BCUT2D eigenvalue weighted by Gasteiger charge is -2.28. The number of anilines is 1. The number of carbonyl (C=O) groups is 1. The third kappa shape index (κ3) is 3.58. The maximum absolute atomic E-state index is 12.8. The van der Waals surface area contributed by atoms with E-state index in [2.05, 4.69) is 22.2 Å². The van der Waals surface area contributed by atoms with Gasteiger partial charge in [-0.2, -0.15) is 0 Å². The summed E-state index contributed by atoms with van der Waals surface area (Å²) in [6.45, 7) is 2.11. The van der Waals surface area contributed by atoms with Crippen LogP contribution in [0.5, 0.6) is 5.88 Å². The fourth-order valence-electron chi connectivity index (χ4n) is 3.58. The average molecular weight is 351 g/mol. The number of amides is 1. The molecule has 1 N–H and O–H groups in total. The van der Waals surface area contributed by atoms with Crippen molar-refractivity contribution in [3.63, 3.8) is 0 Å². The molecule has 0 spiro atoms. The fourth-order valence-corrected chi connectivity index (χ4v) is 3.58. The van der Waals surface area contributed by atoms with Crippen molar-refractivity contribution in [2.45, 2.75) is 37.2 Å². The molecule has 4 rings (SSSR count). The molecule has 2 aromatic rings. The second-order valence-corrected chi connectivity index (χ2v) is 7.41. The number of hydrogen-bond donors (Lipinski definition) is 1. The van der Waals surface area contributed by atoms with Gasteiger partial charge in [0.2, 0.25) is 11.8 Å². The Bertz CT molecular complexity index is 749. The second-order valence-electron chi connectivity index (χ2n) is 7.41. The van der Waals surface area contributed by atoms with E-state index >= 15 is 0 Å². The molecule has 0 bridgehead atoms. The van der Waals surface area contributed by atoms with Crippen molar-refractivity contribution in [1.82, 2.24) is 9.88 Å². The van der Waals surface area contributed by atoms with Crippen molar-refractivity contribution in [1.29, 1.82) is 0 Å². The molecular formula is C21H25N3O2. The first-order valence-corrected chi connectivity index (χ1v) is 9.34. The molecule has 5 nitrogen and oxygen atoms in total. The van der Waals surface area contributed by atoms with Crippen LogP contribution in [0.4, 0.5) is 5.69 Å². The highest BCUT2D eigenvalue weighted by atomic mass is 16.5. The van der Waals surface area contributed by atoms with Crippen LogP contribution in [0, 0.1) is 0 Å². The summed E-state index contributed by atoms with van der Waals surface area (Å²) in [6.07, 6.45) is 5.75. The zero-order chi connectivity index (χ0) is 18.0. The number of ether oxygens (including phenoxy) is 1. The van der Waals surface area contributed by atoms with Crippen LogP contribution in [0.1, 0.15) is 31.2 Å². The Kier molecular flexibility index (Phi) is 4.64. The van der Waals surface area contributed by atoms with Crippen molar-refractivity contribution in [3.05, 3.63) is 54.2 Å². The smallest absolute Gasteiger partial charge is 0.235 e. The maximum atomic E-state index is 12.8. The van der Waals surface area contributed by atoms with E-state index in [1.54, 1.807) is 6.20 Å². The summed E-state index contributed by atoms with van der Waals surface area (Å²) in [5, 5.41) is 3.02. The monoisotopic (exact) mass is 351 g/mol. The Labute approximate surface area is 154 Å². The summed E-state index contributed by atoms with van der Waals surface area (Å²) in [6, 6.07) is 13.7. The molecule has 1 aromatic heterocycles. The Hall–Kier alpha value is -2.40. The lowest BCUT2D eigenvalue weighted by Crippen LogP contribution is -2.35. The number of aromatic nitrogens is 1. The van der Waals surface area contributed by atoms with E-state index in [1.807, 2.05) is 42.5 Å². The highest BCUT2D eigenvalue weighted by Crippen LogP contribution is 2.48. The molecule has 1 aliphatic heterocycles. The van der Waals surface area contributed by atoms with Gasteiger partial charge in [0.1, 0.15) is 6.10 Å². The van der Waals surface area contributed by atoms with E-state index in [0.29, 0.717) is 11.6 Å². The molecule has 0 unspecified atom stereocenters. The normalized spacial score (nSPS) is 19.7. The molecule has 26 heavy (non-hydrogen) atoms. The molecule has 1 saturated carbocycles. The quantitative estimate of drug-likeness (QED) is 0.899. The van der Waals surface area contributed by atoms with Gasteiger partial charge in [0.15, 0.2) is 0 Å². The molecule has 2 aliphatic rings. The maximum Gasteiger partial charge on any atom is 0.235 e. The van der Waals surface area contributed by atoms with E-state index in [1.165, 1.54) is 0 Å². The van der Waals surface area contributed by atoms with Crippen LogP contribution in [0.25, 0.3) is 0 Å². The molecule has 0 radical (unpaired) electrons. The van der Waals surface area contributed by atoms with Crippen LogP contribution in [-0.2, 0) is 10.2 Å². The largest absolute Gasteiger partial charge is 0.474 e. The SMILES string of the molecule is CN1CCC(Oc2ccc(NC(=O)C3(c4ccccc4)CC3)cn2)CC1. The van der Waals surface area contributed by atoms with Crippen molar-refractivity contribution in [3.8, 4) is 5.88 Å². The van der Waals surface area contributed by atoms with Gasteiger partial charge < -0.3 is 15.0 Å². The van der Waals surface area contributed by atoms with Crippen LogP contribution < -0.4 is 10.1 Å². The van der Waals surface area contributed by atoms with Crippen LogP contribution in [0.15, 0.2) is 48.7 Å². The van der Waals surface area contributed by atoms with Crippen molar-refractivity contribution in [2.75, 3.05) is 25.5 Å². The number of piperidine rings is 1. The summed E-state index contributed by atoms with van der Waals surface area (Å²) in [4.78, 5) is 19.4. The molecule has 2 heterocycles. The van der Waals surface area contributed by atoms with Crippen molar-refractivity contribution >= 4 is 11.6 Å². The third-order valence-electron chi connectivity index (χ3n) is 5.46. The van der Waals surface area contributed by atoms with Gasteiger partial charge in [-0.3, -0.25) is 4.79 Å². The molecule has 136 valence electrons. The van der Waals surface area contributed by atoms with E-state index in [-0.39, 0.29) is 17.4 Å². The van der Waals surface area contributed by atoms with Gasteiger partial charge in [0.05, 0.1) is 17.3 Å². The number of benzene rings is 1.